The molecule has 0 fully saturated rings. The zero-order valence-corrected chi connectivity index (χ0v) is 21.2. The molecule has 1 aromatic carbocycles. The van der Waals surface area contributed by atoms with Gasteiger partial charge >= 0.3 is 5.97 Å². The van der Waals surface area contributed by atoms with E-state index in [1.165, 1.54) is 6.92 Å². The van der Waals surface area contributed by atoms with Crippen LogP contribution in [-0.2, 0) is 30.4 Å². The van der Waals surface area contributed by atoms with E-state index in [-0.39, 0.29) is 25.2 Å². The largest absolute Gasteiger partial charge is 0.480 e. The summed E-state index contributed by atoms with van der Waals surface area (Å²) in [4.78, 5) is 64.8. The number of fused-ring (bicyclic) bond motifs is 1. The van der Waals surface area contributed by atoms with Crippen LogP contribution in [0.5, 0.6) is 0 Å². The fourth-order valence-corrected chi connectivity index (χ4v) is 3.80. The van der Waals surface area contributed by atoms with Crippen LogP contribution in [0.25, 0.3) is 10.9 Å². The fraction of sp³-hybridized carbons (Fsp3) is 0.480. The van der Waals surface area contributed by atoms with Crippen LogP contribution in [0.2, 0.25) is 0 Å². The highest BCUT2D eigenvalue weighted by molar-refractivity contribution is 5.94. The summed E-state index contributed by atoms with van der Waals surface area (Å²) >= 11 is 0. The molecule has 0 radical (unpaired) electrons. The maximum atomic E-state index is 13.1. The van der Waals surface area contributed by atoms with Crippen LogP contribution in [0, 0.1) is 5.92 Å². The molecule has 0 aliphatic rings. The number of carbonyl (C=O) groups excluding carboxylic acids is 4. The standard InChI is InChI=1S/C25H36N6O6/c1-4-13(2)21(31-22(33)14(3)26)24(35)29-18(9-10-20(27)32)23(34)30-19(25(36)37)11-15-12-28-17-8-6-5-7-16(15)17/h5-8,12-14,18-19,21,28H,4,9-11,26H2,1-3H3,(H2,27,32)(H,29,35)(H,30,34)(H,31,33)(H,36,37). The first-order chi connectivity index (χ1) is 17.4. The van der Waals surface area contributed by atoms with E-state index in [0.717, 1.165) is 10.9 Å². The number of aromatic amines is 1. The van der Waals surface area contributed by atoms with E-state index < -0.39 is 53.8 Å². The van der Waals surface area contributed by atoms with Gasteiger partial charge in [-0.15, -0.1) is 0 Å². The molecule has 12 nitrogen and oxygen atoms in total. The van der Waals surface area contributed by atoms with Crippen molar-refractivity contribution in [3.05, 3.63) is 36.0 Å². The molecule has 37 heavy (non-hydrogen) atoms. The van der Waals surface area contributed by atoms with Gasteiger partial charge in [0.05, 0.1) is 6.04 Å². The lowest BCUT2D eigenvalue weighted by molar-refractivity contribution is -0.142. The number of carboxylic acids is 1. The summed E-state index contributed by atoms with van der Waals surface area (Å²) in [5.41, 5.74) is 12.4. The highest BCUT2D eigenvalue weighted by Crippen LogP contribution is 2.19. The number of amides is 4. The Balaban J connectivity index is 2.22. The number of H-pyrrole nitrogens is 1. The van der Waals surface area contributed by atoms with Gasteiger partial charge in [0.25, 0.3) is 0 Å². The number of para-hydroxylation sites is 1. The smallest absolute Gasteiger partial charge is 0.326 e. The predicted octanol–water partition coefficient (Wildman–Crippen LogP) is -0.0918. The third-order valence-electron chi connectivity index (χ3n) is 6.23. The average molecular weight is 517 g/mol. The van der Waals surface area contributed by atoms with Crippen molar-refractivity contribution in [2.45, 2.75) is 70.6 Å². The second-order valence-electron chi connectivity index (χ2n) is 9.19. The van der Waals surface area contributed by atoms with Crippen molar-refractivity contribution in [2.24, 2.45) is 17.4 Å². The van der Waals surface area contributed by atoms with E-state index in [4.69, 9.17) is 11.5 Å². The summed E-state index contributed by atoms with van der Waals surface area (Å²) in [6.45, 7) is 5.07. The molecule has 0 bridgehead atoms. The molecule has 0 aliphatic heterocycles. The maximum Gasteiger partial charge on any atom is 0.326 e. The van der Waals surface area contributed by atoms with Crippen molar-refractivity contribution < 1.29 is 29.1 Å². The minimum absolute atomic E-state index is 0.0124. The molecule has 0 spiro atoms. The minimum atomic E-state index is -1.30. The van der Waals surface area contributed by atoms with Gasteiger partial charge in [-0.25, -0.2) is 4.79 Å². The number of nitrogens with two attached hydrogens (primary N) is 2. The van der Waals surface area contributed by atoms with Gasteiger partial charge in [0, 0.05) is 29.9 Å². The van der Waals surface area contributed by atoms with Gasteiger partial charge in [-0.3, -0.25) is 19.2 Å². The Morgan fingerprint density at radius 1 is 0.973 bits per heavy atom. The highest BCUT2D eigenvalue weighted by atomic mass is 16.4. The first-order valence-corrected chi connectivity index (χ1v) is 12.2. The lowest BCUT2D eigenvalue weighted by Crippen LogP contribution is -2.58. The van der Waals surface area contributed by atoms with Crippen molar-refractivity contribution in [1.29, 1.82) is 0 Å². The molecule has 4 amide bonds. The molecular formula is C25H36N6O6. The van der Waals surface area contributed by atoms with Gasteiger partial charge in [-0.2, -0.15) is 0 Å². The van der Waals surface area contributed by atoms with E-state index in [1.54, 1.807) is 13.1 Å². The van der Waals surface area contributed by atoms with Crippen molar-refractivity contribution >= 4 is 40.5 Å². The summed E-state index contributed by atoms with van der Waals surface area (Å²) in [6.07, 6.45) is 1.83. The number of hydrogen-bond donors (Lipinski definition) is 7. The van der Waals surface area contributed by atoms with Crippen LogP contribution in [0.3, 0.4) is 0 Å². The van der Waals surface area contributed by atoms with Crippen molar-refractivity contribution in [3.63, 3.8) is 0 Å². The van der Waals surface area contributed by atoms with Gasteiger partial charge in [-0.05, 0) is 30.9 Å². The number of primary amides is 1. The quantitative estimate of drug-likeness (QED) is 0.181. The number of aromatic nitrogens is 1. The third-order valence-corrected chi connectivity index (χ3v) is 6.23. The number of carboxylic acid groups (broad SMARTS) is 1. The van der Waals surface area contributed by atoms with Crippen LogP contribution in [-0.4, -0.2) is 63.9 Å². The Hall–Kier alpha value is -3.93. The molecular weight excluding hydrogens is 480 g/mol. The van der Waals surface area contributed by atoms with E-state index in [1.807, 2.05) is 31.2 Å². The van der Waals surface area contributed by atoms with Gasteiger partial charge in [0.2, 0.25) is 23.6 Å². The Kier molecular flexibility index (Phi) is 10.6. The first-order valence-electron chi connectivity index (χ1n) is 12.2. The molecule has 1 heterocycles. The van der Waals surface area contributed by atoms with Crippen molar-refractivity contribution in [2.75, 3.05) is 0 Å². The van der Waals surface area contributed by atoms with Crippen LogP contribution in [0.1, 0.15) is 45.6 Å². The summed E-state index contributed by atoms with van der Waals surface area (Å²) in [7, 11) is 0. The van der Waals surface area contributed by atoms with Gasteiger partial charge in [0.15, 0.2) is 0 Å². The number of aliphatic carboxylic acids is 1. The van der Waals surface area contributed by atoms with E-state index >= 15 is 0 Å². The number of hydrogen-bond acceptors (Lipinski definition) is 6. The topological polar surface area (TPSA) is 209 Å². The Bertz CT molecular complexity index is 1130. The molecule has 202 valence electrons. The van der Waals surface area contributed by atoms with Crippen LogP contribution in [0.4, 0.5) is 0 Å². The summed E-state index contributed by atoms with van der Waals surface area (Å²) in [5, 5.41) is 18.2. The lowest BCUT2D eigenvalue weighted by atomic mass is 9.97. The van der Waals surface area contributed by atoms with E-state index in [2.05, 4.69) is 20.9 Å². The zero-order chi connectivity index (χ0) is 27.7. The second-order valence-corrected chi connectivity index (χ2v) is 9.19. The van der Waals surface area contributed by atoms with Crippen molar-refractivity contribution in [3.8, 4) is 0 Å². The molecule has 0 saturated heterocycles. The summed E-state index contributed by atoms with van der Waals surface area (Å²) in [5.74, 6) is -4.23. The number of carbonyl (C=O) groups is 5. The lowest BCUT2D eigenvalue weighted by Gasteiger charge is -2.27. The number of nitrogens with one attached hydrogen (secondary N) is 4. The van der Waals surface area contributed by atoms with E-state index in [9.17, 15) is 29.1 Å². The molecule has 2 rings (SSSR count). The summed E-state index contributed by atoms with van der Waals surface area (Å²) in [6, 6.07) is 2.94. The average Bonchev–Trinajstić information content (AvgIpc) is 3.26. The molecule has 9 N–H and O–H groups in total. The molecule has 1 aromatic heterocycles. The van der Waals surface area contributed by atoms with Crippen LogP contribution < -0.4 is 27.4 Å². The molecule has 5 atom stereocenters. The van der Waals surface area contributed by atoms with Gasteiger partial charge in [-0.1, -0.05) is 38.5 Å². The highest BCUT2D eigenvalue weighted by Gasteiger charge is 2.32. The van der Waals surface area contributed by atoms with Crippen LogP contribution >= 0.6 is 0 Å². The second kappa shape index (κ2) is 13.4. The minimum Gasteiger partial charge on any atom is -0.480 e. The van der Waals surface area contributed by atoms with E-state index in [0.29, 0.717) is 12.0 Å². The number of benzene rings is 1. The third kappa shape index (κ3) is 8.31. The molecule has 12 heteroatoms. The Labute approximate surface area is 214 Å². The van der Waals surface area contributed by atoms with Crippen molar-refractivity contribution in [1.82, 2.24) is 20.9 Å². The van der Waals surface area contributed by atoms with Crippen LogP contribution in [0.15, 0.2) is 30.5 Å². The normalized spacial score (nSPS) is 15.1. The molecule has 2 aromatic rings. The van der Waals surface area contributed by atoms with Gasteiger partial charge in [0.1, 0.15) is 18.1 Å². The predicted molar refractivity (Wildman–Crippen MR) is 137 cm³/mol. The SMILES string of the molecule is CCC(C)C(NC(=O)C(C)N)C(=O)NC(CCC(N)=O)C(=O)NC(Cc1c[nH]c2ccccc12)C(=O)O. The molecule has 0 aliphatic carbocycles. The maximum absolute atomic E-state index is 13.1. The fourth-order valence-electron chi connectivity index (χ4n) is 3.80. The Morgan fingerprint density at radius 3 is 2.22 bits per heavy atom. The molecule has 0 saturated carbocycles. The zero-order valence-electron chi connectivity index (χ0n) is 21.2. The summed E-state index contributed by atoms with van der Waals surface area (Å²) < 4.78 is 0. The number of rotatable bonds is 14. The first kappa shape index (κ1) is 29.3. The molecule has 5 unspecified atom stereocenters. The monoisotopic (exact) mass is 516 g/mol. The Morgan fingerprint density at radius 2 is 1.62 bits per heavy atom. The van der Waals surface area contributed by atoms with Gasteiger partial charge < -0.3 is 37.5 Å².